The van der Waals surface area contributed by atoms with Crippen LogP contribution < -0.4 is 4.74 Å². The van der Waals surface area contributed by atoms with Crippen molar-refractivity contribution in [3.05, 3.63) is 71.6 Å². The van der Waals surface area contributed by atoms with Gasteiger partial charge in [-0.1, -0.05) is 12.1 Å². The van der Waals surface area contributed by atoms with Crippen molar-refractivity contribution in [2.24, 2.45) is 0 Å². The van der Waals surface area contributed by atoms with Crippen LogP contribution in [0.2, 0.25) is 0 Å². The van der Waals surface area contributed by atoms with Crippen LogP contribution >= 0.6 is 0 Å². The molecule has 0 saturated carbocycles. The molecule has 0 amide bonds. The Morgan fingerprint density at radius 1 is 1.03 bits per heavy atom. The number of pyridine rings is 1. The number of imidazole rings is 1. The maximum absolute atomic E-state index is 13.0. The van der Waals surface area contributed by atoms with Crippen molar-refractivity contribution in [3.63, 3.8) is 0 Å². The largest absolute Gasteiger partial charge is 0.479 e. The zero-order valence-electron chi connectivity index (χ0n) is 18.8. The van der Waals surface area contributed by atoms with E-state index in [1.54, 1.807) is 18.1 Å². The Kier molecular flexibility index (Phi) is 5.35. The first-order valence-corrected chi connectivity index (χ1v) is 10.6. The van der Waals surface area contributed by atoms with Crippen molar-refractivity contribution in [1.29, 1.82) is 0 Å². The number of benzene rings is 1. The van der Waals surface area contributed by atoms with E-state index >= 15 is 0 Å². The van der Waals surface area contributed by atoms with E-state index in [2.05, 4.69) is 20.0 Å². The summed E-state index contributed by atoms with van der Waals surface area (Å²) in [6, 6.07) is 8.54. The second-order valence-corrected chi connectivity index (χ2v) is 8.17. The van der Waals surface area contributed by atoms with Gasteiger partial charge >= 0.3 is 6.18 Å². The van der Waals surface area contributed by atoms with E-state index in [4.69, 9.17) is 9.72 Å². The number of halogens is 3. The maximum Gasteiger partial charge on any atom is 0.416 e. The summed E-state index contributed by atoms with van der Waals surface area (Å²) < 4.78 is 48.1. The summed E-state index contributed by atoms with van der Waals surface area (Å²) in [5.74, 6) is 1.48. The first-order chi connectivity index (χ1) is 16.2. The van der Waals surface area contributed by atoms with Gasteiger partial charge in [0.25, 0.3) is 0 Å². The summed E-state index contributed by atoms with van der Waals surface area (Å²) in [5.41, 5.74) is 2.17. The number of ether oxygens (including phenoxy) is 1. The third-order valence-corrected chi connectivity index (χ3v) is 5.86. The number of alkyl halides is 3. The van der Waals surface area contributed by atoms with E-state index in [0.717, 1.165) is 23.5 Å². The van der Waals surface area contributed by atoms with Gasteiger partial charge in [-0.15, -0.1) is 5.10 Å². The molecule has 1 unspecified atom stereocenters. The lowest BCUT2D eigenvalue weighted by molar-refractivity contribution is -0.137. The van der Waals surface area contributed by atoms with Gasteiger partial charge in [0.2, 0.25) is 5.88 Å². The fourth-order valence-corrected chi connectivity index (χ4v) is 4.12. The molecule has 1 aliphatic heterocycles. The van der Waals surface area contributed by atoms with Gasteiger partial charge in [-0.25, -0.2) is 19.6 Å². The summed E-state index contributed by atoms with van der Waals surface area (Å²) in [4.78, 5) is 15.6. The molecule has 0 radical (unpaired) electrons. The first kappa shape index (κ1) is 22.1. The van der Waals surface area contributed by atoms with Crippen LogP contribution in [0.5, 0.6) is 5.88 Å². The first-order valence-electron chi connectivity index (χ1n) is 10.6. The third-order valence-electron chi connectivity index (χ3n) is 5.86. The second-order valence-electron chi connectivity index (χ2n) is 8.17. The number of aryl methyl sites for hydroxylation is 1. The molecule has 3 aromatic heterocycles. The van der Waals surface area contributed by atoms with Crippen LogP contribution in [0.15, 0.2) is 48.9 Å². The molecule has 0 bridgehead atoms. The van der Waals surface area contributed by atoms with Crippen molar-refractivity contribution in [2.75, 3.05) is 20.7 Å². The highest BCUT2D eigenvalue weighted by Crippen LogP contribution is 2.34. The molecule has 5 rings (SSSR count). The number of hydrogen-bond acceptors (Lipinski definition) is 6. The van der Waals surface area contributed by atoms with Crippen molar-refractivity contribution < 1.29 is 17.9 Å². The number of likely N-dealkylation sites (N-methyl/N-ethyl adjacent to an activating group) is 1. The van der Waals surface area contributed by atoms with Gasteiger partial charge in [0.15, 0.2) is 5.82 Å². The number of aromatic nitrogens is 6. The topological polar surface area (TPSA) is 73.9 Å². The van der Waals surface area contributed by atoms with E-state index in [-0.39, 0.29) is 6.04 Å². The molecule has 8 nitrogen and oxygen atoms in total. The number of methoxy groups -OCH3 is 1. The predicted octanol–water partition coefficient (Wildman–Crippen LogP) is 3.90. The highest BCUT2D eigenvalue weighted by molar-refractivity contribution is 5.55. The summed E-state index contributed by atoms with van der Waals surface area (Å²) in [6.07, 6.45) is -0.819. The SMILES string of the molecule is COc1nc(-c2nc3n(n2)CCN(C)C3c2ccc(C(F)(F)F)cc2)ccc1-n1cnc(C)c1. The zero-order valence-corrected chi connectivity index (χ0v) is 18.8. The van der Waals surface area contributed by atoms with Crippen molar-refractivity contribution >= 4 is 0 Å². The Morgan fingerprint density at radius 3 is 2.44 bits per heavy atom. The van der Waals surface area contributed by atoms with E-state index in [0.29, 0.717) is 41.9 Å². The van der Waals surface area contributed by atoms with E-state index in [1.165, 1.54) is 12.1 Å². The summed E-state index contributed by atoms with van der Waals surface area (Å²) in [5, 5.41) is 4.63. The minimum Gasteiger partial charge on any atom is -0.479 e. The summed E-state index contributed by atoms with van der Waals surface area (Å²) in [7, 11) is 3.46. The van der Waals surface area contributed by atoms with Crippen LogP contribution in [0.3, 0.4) is 0 Å². The minimum atomic E-state index is -4.38. The van der Waals surface area contributed by atoms with Gasteiger partial charge in [0.1, 0.15) is 17.2 Å². The lowest BCUT2D eigenvalue weighted by Gasteiger charge is -2.32. The predicted molar refractivity (Wildman–Crippen MR) is 118 cm³/mol. The summed E-state index contributed by atoms with van der Waals surface area (Å²) >= 11 is 0. The highest BCUT2D eigenvalue weighted by Gasteiger charge is 2.33. The molecule has 11 heteroatoms. The van der Waals surface area contributed by atoms with Crippen LogP contribution in [0.4, 0.5) is 13.2 Å². The van der Waals surface area contributed by atoms with Crippen molar-refractivity contribution in [1.82, 2.24) is 34.2 Å². The molecule has 0 saturated heterocycles. The average Bonchev–Trinajstić information content (AvgIpc) is 3.44. The fourth-order valence-electron chi connectivity index (χ4n) is 4.12. The monoisotopic (exact) mass is 469 g/mol. The van der Waals surface area contributed by atoms with Gasteiger partial charge in [0, 0.05) is 12.7 Å². The summed E-state index contributed by atoms with van der Waals surface area (Å²) in [6.45, 7) is 3.19. The molecule has 1 aromatic carbocycles. The average molecular weight is 469 g/mol. The standard InChI is InChI=1S/C23H22F3N7O/c1-14-12-32(13-27-14)18-9-8-17(28-22(18)34-3)20-29-21-19(31(2)10-11-33(21)30-20)15-4-6-16(7-5-15)23(24,25)26/h4-9,12-13,19H,10-11H2,1-3H3. The van der Waals surface area contributed by atoms with Gasteiger partial charge < -0.3 is 9.30 Å². The molecule has 4 heterocycles. The number of nitrogens with zero attached hydrogens (tertiary/aromatic N) is 7. The van der Waals surface area contributed by atoms with Crippen molar-refractivity contribution in [2.45, 2.75) is 25.7 Å². The molecule has 1 atom stereocenters. The second kappa shape index (κ2) is 8.24. The molecule has 0 N–H and O–H groups in total. The van der Waals surface area contributed by atoms with Crippen LogP contribution in [0.1, 0.15) is 28.7 Å². The van der Waals surface area contributed by atoms with Crippen LogP contribution in [-0.2, 0) is 12.7 Å². The Bertz CT molecular complexity index is 1330. The smallest absolute Gasteiger partial charge is 0.416 e. The molecule has 176 valence electrons. The number of fused-ring (bicyclic) bond motifs is 1. The zero-order chi connectivity index (χ0) is 24.0. The molecular weight excluding hydrogens is 447 g/mol. The van der Waals surface area contributed by atoms with E-state index < -0.39 is 11.7 Å². The van der Waals surface area contributed by atoms with Crippen molar-refractivity contribution in [3.8, 4) is 23.1 Å². The van der Waals surface area contributed by atoms with E-state index in [1.807, 2.05) is 36.9 Å². The molecule has 0 fully saturated rings. The number of rotatable bonds is 4. The van der Waals surface area contributed by atoms with Crippen LogP contribution in [0.25, 0.3) is 17.2 Å². The van der Waals surface area contributed by atoms with Crippen LogP contribution in [-0.4, -0.2) is 54.9 Å². The fraction of sp³-hybridized carbons (Fsp3) is 0.304. The lowest BCUT2D eigenvalue weighted by Crippen LogP contribution is -2.36. The van der Waals surface area contributed by atoms with E-state index in [9.17, 15) is 13.2 Å². The maximum atomic E-state index is 13.0. The molecule has 34 heavy (non-hydrogen) atoms. The van der Waals surface area contributed by atoms with Gasteiger partial charge in [0.05, 0.1) is 37.3 Å². The lowest BCUT2D eigenvalue weighted by atomic mass is 10.0. The van der Waals surface area contributed by atoms with Gasteiger partial charge in [-0.05, 0) is 43.8 Å². The molecule has 0 spiro atoms. The van der Waals surface area contributed by atoms with Gasteiger partial charge in [-0.2, -0.15) is 13.2 Å². The van der Waals surface area contributed by atoms with Crippen LogP contribution in [0, 0.1) is 6.92 Å². The minimum absolute atomic E-state index is 0.327. The Morgan fingerprint density at radius 2 is 1.79 bits per heavy atom. The Hall–Kier alpha value is -3.73. The Labute approximate surface area is 193 Å². The highest BCUT2D eigenvalue weighted by atomic mass is 19.4. The van der Waals surface area contributed by atoms with Gasteiger partial charge in [-0.3, -0.25) is 4.90 Å². The molecular formula is C23H22F3N7O. The number of hydrogen-bond donors (Lipinski definition) is 0. The Balaban J connectivity index is 1.51. The molecule has 1 aliphatic rings. The molecule has 0 aliphatic carbocycles. The molecule has 4 aromatic rings. The normalized spacial score (nSPS) is 16.5. The third kappa shape index (κ3) is 3.92. The quantitative estimate of drug-likeness (QED) is 0.452.